The van der Waals surface area contributed by atoms with E-state index in [0.29, 0.717) is 19.4 Å². The number of amides is 3. The third-order valence-electron chi connectivity index (χ3n) is 5.17. The zero-order chi connectivity index (χ0) is 20.3. The number of hydrogen-bond donors (Lipinski definition) is 0. The average Bonchev–Trinajstić information content (AvgIpc) is 2.66. The Bertz CT molecular complexity index is 774. The van der Waals surface area contributed by atoms with Crippen molar-refractivity contribution in [3.05, 3.63) is 35.9 Å². The van der Waals surface area contributed by atoms with Crippen molar-refractivity contribution >= 4 is 18.2 Å². The number of carbonyl (C=O) groups excluding carboxylic acids is 3. The minimum absolute atomic E-state index is 0.000000500. The molecule has 3 rings (SSSR count). The third kappa shape index (κ3) is 3.87. The lowest BCUT2D eigenvalue weighted by molar-refractivity contribution is -0.199. The van der Waals surface area contributed by atoms with Crippen LogP contribution in [0.2, 0.25) is 0 Å². The van der Waals surface area contributed by atoms with E-state index in [4.69, 9.17) is 6.42 Å². The number of hydrogen-bond acceptors (Lipinski definition) is 4. The molecule has 0 aliphatic carbocycles. The molecule has 148 valence electrons. The Morgan fingerprint density at radius 1 is 1.25 bits per heavy atom. The van der Waals surface area contributed by atoms with Crippen molar-refractivity contribution in [1.82, 2.24) is 19.8 Å². The lowest BCUT2D eigenvalue weighted by Gasteiger charge is -2.54. The van der Waals surface area contributed by atoms with Crippen molar-refractivity contribution < 1.29 is 14.4 Å². The maximum Gasteiger partial charge on any atom is 0.245 e. The van der Waals surface area contributed by atoms with Gasteiger partial charge in [-0.2, -0.15) is 5.01 Å². The highest BCUT2D eigenvalue weighted by Crippen LogP contribution is 2.29. The molecule has 7 heteroatoms. The smallest absolute Gasteiger partial charge is 0.245 e. The first-order valence-corrected chi connectivity index (χ1v) is 9.52. The molecule has 2 atom stereocenters. The second-order valence-electron chi connectivity index (χ2n) is 7.64. The van der Waals surface area contributed by atoms with E-state index in [1.165, 1.54) is 5.01 Å². The van der Waals surface area contributed by atoms with Crippen LogP contribution in [0.15, 0.2) is 30.3 Å². The maximum absolute atomic E-state index is 13.2. The number of fused-ring (bicyclic) bond motifs is 1. The molecule has 7 nitrogen and oxygen atoms in total. The van der Waals surface area contributed by atoms with Crippen molar-refractivity contribution in [2.45, 2.75) is 39.0 Å². The molecule has 0 saturated carbocycles. The number of carbonyl (C=O) groups is 3. The van der Waals surface area contributed by atoms with Gasteiger partial charge in [-0.1, -0.05) is 50.1 Å². The van der Waals surface area contributed by atoms with Gasteiger partial charge in [-0.3, -0.25) is 19.4 Å². The quantitative estimate of drug-likeness (QED) is 0.542. The molecule has 1 aromatic carbocycles. The van der Waals surface area contributed by atoms with Crippen LogP contribution in [0.1, 0.15) is 25.8 Å². The Kier molecular flexibility index (Phi) is 6.00. The Hall–Kier alpha value is -2.85. The molecule has 1 unspecified atom stereocenters. The van der Waals surface area contributed by atoms with Crippen LogP contribution in [-0.2, 0) is 20.9 Å². The summed E-state index contributed by atoms with van der Waals surface area (Å²) in [7, 11) is 0. The summed E-state index contributed by atoms with van der Waals surface area (Å²) in [5, 5.41) is 3.04. The van der Waals surface area contributed by atoms with Gasteiger partial charge in [0, 0.05) is 6.54 Å². The number of nitrogens with zero attached hydrogens (tertiary/aromatic N) is 4. The minimum atomic E-state index is -0.578. The van der Waals surface area contributed by atoms with Gasteiger partial charge in [0.1, 0.15) is 12.2 Å². The molecule has 2 fully saturated rings. The Balaban J connectivity index is 1.94. The van der Waals surface area contributed by atoms with Gasteiger partial charge < -0.3 is 9.80 Å². The van der Waals surface area contributed by atoms with Gasteiger partial charge in [0.05, 0.1) is 19.6 Å². The number of rotatable bonds is 6. The van der Waals surface area contributed by atoms with E-state index in [1.807, 2.05) is 44.2 Å². The summed E-state index contributed by atoms with van der Waals surface area (Å²) in [5.74, 6) is 2.48. The molecule has 2 heterocycles. The fourth-order valence-electron chi connectivity index (χ4n) is 3.96. The first kappa shape index (κ1) is 19.9. The van der Waals surface area contributed by atoms with Crippen LogP contribution in [-0.4, -0.2) is 69.9 Å². The molecule has 2 aliphatic rings. The zero-order valence-electron chi connectivity index (χ0n) is 16.3. The number of piperazine rings is 1. The monoisotopic (exact) mass is 382 g/mol. The molecule has 2 saturated heterocycles. The van der Waals surface area contributed by atoms with Gasteiger partial charge >= 0.3 is 0 Å². The molecule has 0 N–H and O–H groups in total. The molecule has 0 spiro atoms. The van der Waals surface area contributed by atoms with Crippen LogP contribution < -0.4 is 0 Å². The standard InChI is InChI=1S/C21H26N4O3/c1-4-10-23-14-20(27)25-18(11-16(2)3)21(28)22(13-19(25)24(23)15-26)12-17-8-6-5-7-9-17/h1,5-9,15-16,18-19H,10-14H2,2-3H3/t18-,19?/m0/s1. The van der Waals surface area contributed by atoms with Crippen molar-refractivity contribution in [1.29, 1.82) is 0 Å². The average molecular weight is 382 g/mol. The summed E-state index contributed by atoms with van der Waals surface area (Å²) in [6.07, 6.45) is 6.12. The molecular formula is C21H26N4O3. The SMILES string of the molecule is C#CCN1CC(=O)N2C(CN(Cc3ccccc3)C(=O)[C@@H]2CC(C)C)N1C=O. The highest BCUT2D eigenvalue weighted by Gasteiger charge is 2.49. The van der Waals surface area contributed by atoms with Gasteiger partial charge in [0.25, 0.3) is 0 Å². The van der Waals surface area contributed by atoms with Gasteiger partial charge in [0.15, 0.2) is 0 Å². The summed E-state index contributed by atoms with van der Waals surface area (Å²) >= 11 is 0. The molecular weight excluding hydrogens is 356 g/mol. The van der Waals surface area contributed by atoms with Gasteiger partial charge in [-0.15, -0.1) is 6.42 Å². The van der Waals surface area contributed by atoms with Crippen molar-refractivity contribution in [2.24, 2.45) is 5.92 Å². The van der Waals surface area contributed by atoms with E-state index in [2.05, 4.69) is 5.92 Å². The third-order valence-corrected chi connectivity index (χ3v) is 5.17. The number of benzene rings is 1. The Morgan fingerprint density at radius 3 is 2.57 bits per heavy atom. The maximum atomic E-state index is 13.2. The lowest BCUT2D eigenvalue weighted by atomic mass is 9.97. The van der Waals surface area contributed by atoms with E-state index < -0.39 is 12.2 Å². The molecule has 0 radical (unpaired) electrons. The topological polar surface area (TPSA) is 64.2 Å². The van der Waals surface area contributed by atoms with Crippen LogP contribution in [0.3, 0.4) is 0 Å². The second kappa shape index (κ2) is 8.44. The van der Waals surface area contributed by atoms with E-state index in [0.717, 1.165) is 5.56 Å². The summed E-state index contributed by atoms with van der Waals surface area (Å²) < 4.78 is 0. The normalized spacial score (nSPS) is 23.0. The van der Waals surface area contributed by atoms with Gasteiger partial charge in [0.2, 0.25) is 18.2 Å². The lowest BCUT2D eigenvalue weighted by Crippen LogP contribution is -2.74. The van der Waals surface area contributed by atoms with Crippen LogP contribution in [0.4, 0.5) is 0 Å². The molecule has 1 aromatic rings. The largest absolute Gasteiger partial charge is 0.333 e. The van der Waals surface area contributed by atoms with E-state index >= 15 is 0 Å². The Morgan fingerprint density at radius 2 is 1.96 bits per heavy atom. The second-order valence-corrected chi connectivity index (χ2v) is 7.64. The fourth-order valence-corrected chi connectivity index (χ4v) is 3.96. The van der Waals surface area contributed by atoms with Gasteiger partial charge in [-0.25, -0.2) is 0 Å². The first-order valence-electron chi connectivity index (χ1n) is 9.52. The van der Waals surface area contributed by atoms with E-state index in [9.17, 15) is 14.4 Å². The Labute approximate surface area is 165 Å². The summed E-state index contributed by atoms with van der Waals surface area (Å²) in [6.45, 7) is 4.91. The van der Waals surface area contributed by atoms with Crippen LogP contribution in [0.5, 0.6) is 0 Å². The van der Waals surface area contributed by atoms with Crippen molar-refractivity contribution in [2.75, 3.05) is 19.6 Å². The molecule has 3 amide bonds. The van der Waals surface area contributed by atoms with Crippen LogP contribution in [0, 0.1) is 18.3 Å². The molecule has 0 aromatic heterocycles. The van der Waals surface area contributed by atoms with Crippen LogP contribution in [0.25, 0.3) is 0 Å². The van der Waals surface area contributed by atoms with Crippen molar-refractivity contribution in [3.8, 4) is 12.3 Å². The summed E-state index contributed by atoms with van der Waals surface area (Å²) in [6, 6.07) is 9.13. The molecule has 2 aliphatic heterocycles. The molecule has 28 heavy (non-hydrogen) atoms. The number of hydrazine groups is 1. The van der Waals surface area contributed by atoms with E-state index in [-0.39, 0.29) is 37.4 Å². The van der Waals surface area contributed by atoms with Crippen LogP contribution >= 0.6 is 0 Å². The first-order chi connectivity index (χ1) is 13.5. The fraction of sp³-hybridized carbons (Fsp3) is 0.476. The predicted molar refractivity (Wildman–Crippen MR) is 104 cm³/mol. The molecule has 0 bridgehead atoms. The predicted octanol–water partition coefficient (Wildman–Crippen LogP) is 0.920. The van der Waals surface area contributed by atoms with E-state index in [1.54, 1.807) is 14.8 Å². The highest BCUT2D eigenvalue weighted by atomic mass is 16.2. The highest BCUT2D eigenvalue weighted by molar-refractivity contribution is 5.90. The zero-order valence-corrected chi connectivity index (χ0v) is 16.3. The minimum Gasteiger partial charge on any atom is -0.333 e. The number of terminal acetylenes is 1. The van der Waals surface area contributed by atoms with Crippen molar-refractivity contribution in [3.63, 3.8) is 0 Å². The summed E-state index contributed by atoms with van der Waals surface area (Å²) in [5.41, 5.74) is 1.01. The summed E-state index contributed by atoms with van der Waals surface area (Å²) in [4.78, 5) is 41.3. The van der Waals surface area contributed by atoms with Gasteiger partial charge in [-0.05, 0) is 17.9 Å².